The molecule has 1 amide bonds. The Morgan fingerprint density at radius 1 is 1.16 bits per heavy atom. The van der Waals surface area contributed by atoms with Gasteiger partial charge >= 0.3 is 6.09 Å². The van der Waals surface area contributed by atoms with E-state index in [9.17, 15) is 9.18 Å². The van der Waals surface area contributed by atoms with E-state index >= 15 is 0 Å². The predicted molar refractivity (Wildman–Crippen MR) is 71.6 cm³/mol. The van der Waals surface area contributed by atoms with Gasteiger partial charge in [-0.05, 0) is 31.2 Å². The van der Waals surface area contributed by atoms with Gasteiger partial charge in [-0.1, -0.05) is 24.3 Å². The van der Waals surface area contributed by atoms with Crippen molar-refractivity contribution in [2.45, 2.75) is 6.92 Å². The summed E-state index contributed by atoms with van der Waals surface area (Å²) < 4.78 is 18.2. The van der Waals surface area contributed by atoms with Crippen LogP contribution in [0.15, 0.2) is 48.5 Å². The van der Waals surface area contributed by atoms with Crippen LogP contribution in [0.1, 0.15) is 5.56 Å². The summed E-state index contributed by atoms with van der Waals surface area (Å²) in [7, 11) is 3.12. The molecule has 1 radical (unpaired) electrons. The molecule has 0 heterocycles. The number of benzene rings is 2. The third-order valence-electron chi connectivity index (χ3n) is 2.80. The highest BCUT2D eigenvalue weighted by Gasteiger charge is 2.21. The molecule has 4 heteroatoms. The number of halogens is 1. The smallest absolute Gasteiger partial charge is 0.419 e. The Morgan fingerprint density at radius 2 is 1.84 bits per heavy atom. The second-order valence-electron chi connectivity index (χ2n) is 3.97. The summed E-state index contributed by atoms with van der Waals surface area (Å²) in [6.07, 6.45) is -0.667. The van der Waals surface area contributed by atoms with Crippen LogP contribution in [0.3, 0.4) is 0 Å². The van der Waals surface area contributed by atoms with Gasteiger partial charge in [-0.15, -0.1) is 0 Å². The predicted octanol–water partition coefficient (Wildman–Crippen LogP) is 4.20. The lowest BCUT2D eigenvalue weighted by molar-refractivity contribution is 0.194. The molecule has 0 unspecified atom stereocenters. The summed E-state index contributed by atoms with van der Waals surface area (Å²) in [5.41, 5.74) is 1.39. The quantitative estimate of drug-likeness (QED) is 0.807. The fourth-order valence-corrected chi connectivity index (χ4v) is 1.82. The van der Waals surface area contributed by atoms with E-state index in [1.54, 1.807) is 43.3 Å². The number of rotatable bonds is 2. The van der Waals surface area contributed by atoms with Crippen molar-refractivity contribution in [3.63, 3.8) is 0 Å². The summed E-state index contributed by atoms with van der Waals surface area (Å²) in [5, 5.41) is 0. The van der Waals surface area contributed by atoms with Crippen LogP contribution in [0, 0.1) is 19.9 Å². The monoisotopic (exact) mass is 258 g/mol. The number of ether oxygens (including phenoxy) is 1. The van der Waals surface area contributed by atoms with Crippen molar-refractivity contribution in [1.82, 2.24) is 0 Å². The van der Waals surface area contributed by atoms with E-state index in [0.29, 0.717) is 16.9 Å². The van der Waals surface area contributed by atoms with Gasteiger partial charge in [0, 0.05) is 5.56 Å². The van der Waals surface area contributed by atoms with Crippen LogP contribution in [0.2, 0.25) is 0 Å². The molecule has 0 aliphatic rings. The van der Waals surface area contributed by atoms with Gasteiger partial charge in [0.15, 0.2) is 0 Å². The molecule has 2 aromatic carbocycles. The van der Waals surface area contributed by atoms with E-state index < -0.39 is 6.09 Å². The van der Waals surface area contributed by atoms with Crippen molar-refractivity contribution >= 4 is 17.5 Å². The van der Waals surface area contributed by atoms with Crippen LogP contribution in [0.5, 0.6) is 0 Å². The highest BCUT2D eigenvalue weighted by atomic mass is 19.1. The van der Waals surface area contributed by atoms with Crippen molar-refractivity contribution in [3.05, 3.63) is 67.0 Å². The number of nitrogens with zero attached hydrogens (tertiary/aromatic N) is 1. The van der Waals surface area contributed by atoms with Crippen LogP contribution < -0.4 is 4.90 Å². The molecule has 0 aromatic heterocycles. The first-order chi connectivity index (χ1) is 9.15. The van der Waals surface area contributed by atoms with E-state index in [0.717, 1.165) is 0 Å². The summed E-state index contributed by atoms with van der Waals surface area (Å²) >= 11 is 0. The first-order valence-electron chi connectivity index (χ1n) is 5.71. The molecule has 0 aliphatic heterocycles. The second kappa shape index (κ2) is 5.52. The first kappa shape index (κ1) is 13.1. The molecular formula is C15H13FNO2. The first-order valence-corrected chi connectivity index (χ1v) is 5.71. The lowest BCUT2D eigenvalue weighted by atomic mass is 10.1. The average molecular weight is 258 g/mol. The normalized spacial score (nSPS) is 10.1. The molecule has 0 fully saturated rings. The highest BCUT2D eigenvalue weighted by Crippen LogP contribution is 2.30. The van der Waals surface area contributed by atoms with Crippen molar-refractivity contribution < 1.29 is 13.9 Å². The second-order valence-corrected chi connectivity index (χ2v) is 3.97. The zero-order valence-electron chi connectivity index (χ0n) is 10.5. The van der Waals surface area contributed by atoms with Crippen molar-refractivity contribution in [1.29, 1.82) is 0 Å². The van der Waals surface area contributed by atoms with Crippen LogP contribution >= 0.6 is 0 Å². The number of hydrogen-bond donors (Lipinski definition) is 0. The van der Waals surface area contributed by atoms with Crippen molar-refractivity contribution in [3.8, 4) is 0 Å². The minimum atomic E-state index is -0.667. The Balaban J connectivity index is 2.56. The zero-order chi connectivity index (χ0) is 13.8. The molecule has 0 saturated heterocycles. The van der Waals surface area contributed by atoms with E-state index in [4.69, 9.17) is 0 Å². The zero-order valence-corrected chi connectivity index (χ0v) is 10.5. The third-order valence-corrected chi connectivity index (χ3v) is 2.80. The van der Waals surface area contributed by atoms with Gasteiger partial charge < -0.3 is 4.74 Å². The Kier molecular flexibility index (Phi) is 3.80. The highest BCUT2D eigenvalue weighted by molar-refractivity contribution is 5.96. The van der Waals surface area contributed by atoms with Gasteiger partial charge in [0.1, 0.15) is 12.9 Å². The average Bonchev–Trinajstić information content (AvgIpc) is 2.44. The molecule has 0 spiro atoms. The van der Waals surface area contributed by atoms with E-state index in [-0.39, 0.29) is 5.82 Å². The molecular weight excluding hydrogens is 245 g/mol. The maximum atomic E-state index is 13.6. The van der Waals surface area contributed by atoms with E-state index in [2.05, 4.69) is 11.8 Å². The fourth-order valence-electron chi connectivity index (χ4n) is 1.82. The standard InChI is InChI=1S/C15H13FNO2/c1-11-13(16)9-6-10-14(11)17(15(18)19-2)12-7-4-3-5-8-12/h3-10H,2H2,1H3. The number of para-hydroxylation sites is 1. The van der Waals surface area contributed by atoms with Gasteiger partial charge in [0.25, 0.3) is 0 Å². The van der Waals surface area contributed by atoms with Gasteiger partial charge in [0.2, 0.25) is 0 Å². The number of anilines is 2. The number of amides is 1. The molecule has 19 heavy (non-hydrogen) atoms. The van der Waals surface area contributed by atoms with Gasteiger partial charge in [-0.2, -0.15) is 0 Å². The minimum absolute atomic E-state index is 0.372. The third kappa shape index (κ3) is 2.57. The Bertz CT molecular complexity index is 584. The minimum Gasteiger partial charge on any atom is -0.445 e. The SMILES string of the molecule is [CH2]OC(=O)N(c1ccccc1)c1cccc(F)c1C. The molecule has 0 atom stereocenters. The van der Waals surface area contributed by atoms with E-state index in [1.807, 2.05) is 6.07 Å². The molecule has 97 valence electrons. The molecule has 2 aromatic rings. The fraction of sp³-hybridized carbons (Fsp3) is 0.0667. The van der Waals surface area contributed by atoms with Crippen LogP contribution in [0.4, 0.5) is 20.6 Å². The van der Waals surface area contributed by atoms with Crippen molar-refractivity contribution in [2.24, 2.45) is 0 Å². The topological polar surface area (TPSA) is 29.5 Å². The summed E-state index contributed by atoms with van der Waals surface area (Å²) in [5.74, 6) is -0.379. The molecule has 0 saturated carbocycles. The number of hydrogen-bond acceptors (Lipinski definition) is 2. The number of carbonyl (C=O) groups excluding carboxylic acids is 1. The molecule has 0 bridgehead atoms. The number of carbonyl (C=O) groups is 1. The lowest BCUT2D eigenvalue weighted by Crippen LogP contribution is -2.26. The largest absolute Gasteiger partial charge is 0.445 e. The Labute approximate surface area is 111 Å². The Morgan fingerprint density at radius 3 is 2.47 bits per heavy atom. The molecule has 3 nitrogen and oxygen atoms in total. The molecule has 0 N–H and O–H groups in total. The molecule has 0 aliphatic carbocycles. The Hall–Kier alpha value is -2.36. The molecule has 2 rings (SSSR count). The lowest BCUT2D eigenvalue weighted by Gasteiger charge is -2.23. The maximum absolute atomic E-state index is 13.6. The van der Waals surface area contributed by atoms with Crippen LogP contribution in [-0.4, -0.2) is 6.09 Å². The van der Waals surface area contributed by atoms with Gasteiger partial charge in [-0.3, -0.25) is 0 Å². The van der Waals surface area contributed by atoms with Crippen LogP contribution in [-0.2, 0) is 4.74 Å². The van der Waals surface area contributed by atoms with Crippen LogP contribution in [0.25, 0.3) is 0 Å². The maximum Gasteiger partial charge on any atom is 0.419 e. The summed E-state index contributed by atoms with van der Waals surface area (Å²) in [6.45, 7) is 1.61. The summed E-state index contributed by atoms with van der Waals surface area (Å²) in [6, 6.07) is 13.4. The van der Waals surface area contributed by atoms with Gasteiger partial charge in [0.05, 0.1) is 11.4 Å². The van der Waals surface area contributed by atoms with Crippen molar-refractivity contribution in [2.75, 3.05) is 4.90 Å². The summed E-state index contributed by atoms with van der Waals surface area (Å²) in [4.78, 5) is 13.2. The van der Waals surface area contributed by atoms with E-state index in [1.165, 1.54) is 11.0 Å². The van der Waals surface area contributed by atoms with Gasteiger partial charge in [-0.25, -0.2) is 14.1 Å².